The minimum absolute atomic E-state index is 0.151. The van der Waals surface area contributed by atoms with Crippen LogP contribution in [0.15, 0.2) is 29.2 Å². The topological polar surface area (TPSA) is 80.4 Å². The SMILES string of the molecule is NCl.O=S(=O)(O)c1ccc(Cl)cc1. The summed E-state index contributed by atoms with van der Waals surface area (Å²) in [4.78, 5) is -0.151. The van der Waals surface area contributed by atoms with Gasteiger partial charge in [0, 0.05) is 5.02 Å². The molecule has 0 radical (unpaired) electrons. The van der Waals surface area contributed by atoms with Gasteiger partial charge in [0.25, 0.3) is 10.1 Å². The van der Waals surface area contributed by atoms with Crippen LogP contribution in [0.25, 0.3) is 0 Å². The van der Waals surface area contributed by atoms with Gasteiger partial charge in [-0.2, -0.15) is 8.42 Å². The van der Waals surface area contributed by atoms with E-state index in [1.54, 1.807) is 0 Å². The molecule has 0 atom stereocenters. The van der Waals surface area contributed by atoms with Crippen molar-refractivity contribution in [1.82, 2.24) is 0 Å². The fraction of sp³-hybridized carbons (Fsp3) is 0. The lowest BCUT2D eigenvalue weighted by atomic mass is 10.4. The van der Waals surface area contributed by atoms with Crippen molar-refractivity contribution in [3.8, 4) is 0 Å². The predicted octanol–water partition coefficient (Wildman–Crippen LogP) is 1.69. The number of hydrogen-bond acceptors (Lipinski definition) is 3. The normalized spacial score (nSPS) is 10.2. The van der Waals surface area contributed by atoms with Gasteiger partial charge < -0.3 is 0 Å². The second-order valence-corrected chi connectivity index (χ2v) is 3.79. The molecule has 1 aromatic carbocycles. The van der Waals surface area contributed by atoms with E-state index in [-0.39, 0.29) is 4.90 Å². The molecule has 0 unspecified atom stereocenters. The van der Waals surface area contributed by atoms with Gasteiger partial charge in [-0.25, -0.2) is 5.25 Å². The van der Waals surface area contributed by atoms with Gasteiger partial charge in [-0.05, 0) is 36.0 Å². The van der Waals surface area contributed by atoms with Crippen molar-refractivity contribution in [2.24, 2.45) is 5.25 Å². The monoisotopic (exact) mass is 243 g/mol. The van der Waals surface area contributed by atoms with Crippen LogP contribution in [0, 0.1) is 0 Å². The van der Waals surface area contributed by atoms with Crippen LogP contribution in [0.3, 0.4) is 0 Å². The molecule has 0 bridgehead atoms. The van der Waals surface area contributed by atoms with Gasteiger partial charge in [-0.15, -0.1) is 0 Å². The first-order valence-electron chi connectivity index (χ1n) is 2.95. The quantitative estimate of drug-likeness (QED) is 0.581. The van der Waals surface area contributed by atoms with Crippen molar-refractivity contribution >= 4 is 33.5 Å². The summed E-state index contributed by atoms with van der Waals surface area (Å²) in [6, 6.07) is 5.25. The highest BCUT2D eigenvalue weighted by Crippen LogP contribution is 2.12. The van der Waals surface area contributed by atoms with Crippen molar-refractivity contribution in [3.05, 3.63) is 29.3 Å². The zero-order valence-corrected chi connectivity index (χ0v) is 8.64. The Kier molecular flexibility index (Phi) is 5.27. The van der Waals surface area contributed by atoms with Crippen molar-refractivity contribution in [2.75, 3.05) is 0 Å². The Morgan fingerprint density at radius 3 is 1.85 bits per heavy atom. The third-order valence-electron chi connectivity index (χ3n) is 1.11. The average Bonchev–Trinajstić information content (AvgIpc) is 2.07. The van der Waals surface area contributed by atoms with E-state index >= 15 is 0 Å². The number of rotatable bonds is 1. The highest BCUT2D eigenvalue weighted by molar-refractivity contribution is 7.85. The summed E-state index contributed by atoms with van der Waals surface area (Å²) in [5.41, 5.74) is 0. The maximum absolute atomic E-state index is 10.5. The summed E-state index contributed by atoms with van der Waals surface area (Å²) in [7, 11) is -4.08. The van der Waals surface area contributed by atoms with Crippen LogP contribution in [0.2, 0.25) is 5.02 Å². The molecule has 0 aliphatic heterocycles. The summed E-state index contributed by atoms with van der Waals surface area (Å²) < 4.78 is 29.4. The maximum Gasteiger partial charge on any atom is 0.294 e. The lowest BCUT2D eigenvalue weighted by Crippen LogP contribution is -1.96. The Hall–Kier alpha value is -0.330. The molecule has 0 spiro atoms. The minimum atomic E-state index is -4.08. The van der Waals surface area contributed by atoms with Crippen LogP contribution in [-0.2, 0) is 10.1 Å². The van der Waals surface area contributed by atoms with E-state index in [9.17, 15) is 8.42 Å². The summed E-state index contributed by atoms with van der Waals surface area (Å²) >= 11 is 9.62. The molecular weight excluding hydrogens is 237 g/mol. The fourth-order valence-electron chi connectivity index (χ4n) is 0.607. The lowest BCUT2D eigenvalue weighted by Gasteiger charge is -1.94. The molecule has 3 N–H and O–H groups in total. The summed E-state index contributed by atoms with van der Waals surface area (Å²) in [5, 5.41) is 4.40. The van der Waals surface area contributed by atoms with Crippen LogP contribution < -0.4 is 5.25 Å². The van der Waals surface area contributed by atoms with Crippen LogP contribution in [0.1, 0.15) is 0 Å². The first-order valence-corrected chi connectivity index (χ1v) is 5.20. The standard InChI is InChI=1S/C6H5ClO3S.ClH2N/c7-5-1-3-6(4-2-5)11(8,9)10;1-2/h1-4H,(H,8,9,10);2H2. The molecule has 0 heterocycles. The van der Waals surface area contributed by atoms with E-state index in [4.69, 9.17) is 16.2 Å². The molecule has 0 aliphatic carbocycles. The van der Waals surface area contributed by atoms with E-state index in [1.165, 1.54) is 24.3 Å². The van der Waals surface area contributed by atoms with Gasteiger partial charge >= 0.3 is 0 Å². The molecule has 0 amide bonds. The molecular formula is C6H7Cl2NO3S. The van der Waals surface area contributed by atoms with Gasteiger partial charge in [0.05, 0.1) is 4.90 Å². The smallest absolute Gasteiger partial charge is 0.282 e. The summed E-state index contributed by atoms with van der Waals surface area (Å²) in [6.07, 6.45) is 0. The highest BCUT2D eigenvalue weighted by atomic mass is 35.5. The van der Waals surface area contributed by atoms with E-state index in [1.807, 2.05) is 0 Å². The van der Waals surface area contributed by atoms with Crippen molar-refractivity contribution in [1.29, 1.82) is 0 Å². The lowest BCUT2D eigenvalue weighted by molar-refractivity contribution is 0.483. The molecule has 0 saturated carbocycles. The average molecular weight is 244 g/mol. The number of halogens is 2. The number of benzene rings is 1. The Balaban J connectivity index is 0.000000671. The minimum Gasteiger partial charge on any atom is -0.282 e. The third-order valence-corrected chi connectivity index (χ3v) is 2.23. The molecule has 7 heteroatoms. The van der Waals surface area contributed by atoms with Gasteiger partial charge in [0.2, 0.25) is 0 Å². The molecule has 0 saturated heterocycles. The second kappa shape index (κ2) is 5.41. The van der Waals surface area contributed by atoms with Gasteiger partial charge in [-0.3, -0.25) is 4.55 Å². The van der Waals surface area contributed by atoms with E-state index in [2.05, 4.69) is 17.0 Å². The van der Waals surface area contributed by atoms with Crippen molar-refractivity contribution in [2.45, 2.75) is 4.90 Å². The number of nitrogens with two attached hydrogens (primary N) is 1. The summed E-state index contributed by atoms with van der Waals surface area (Å²) in [5.74, 6) is 0. The molecule has 74 valence electrons. The first-order chi connectivity index (χ1) is 6.00. The van der Waals surface area contributed by atoms with Crippen LogP contribution in [0.5, 0.6) is 0 Å². The molecule has 13 heavy (non-hydrogen) atoms. The molecule has 4 nitrogen and oxygen atoms in total. The van der Waals surface area contributed by atoms with Crippen LogP contribution in [0.4, 0.5) is 0 Å². The Labute approximate surface area is 86.1 Å². The molecule has 1 aromatic rings. The largest absolute Gasteiger partial charge is 0.294 e. The fourth-order valence-corrected chi connectivity index (χ4v) is 1.21. The van der Waals surface area contributed by atoms with Crippen LogP contribution in [-0.4, -0.2) is 13.0 Å². The van der Waals surface area contributed by atoms with E-state index in [0.717, 1.165) is 0 Å². The number of hydrogen-bond donors (Lipinski definition) is 2. The molecule has 0 aromatic heterocycles. The Bertz CT molecular complexity index is 349. The summed E-state index contributed by atoms with van der Waals surface area (Å²) in [6.45, 7) is 0. The molecule has 0 fully saturated rings. The zero-order chi connectivity index (χ0) is 10.5. The molecule has 0 aliphatic rings. The highest BCUT2D eigenvalue weighted by Gasteiger charge is 2.07. The second-order valence-electron chi connectivity index (χ2n) is 1.93. The third kappa shape index (κ3) is 4.44. The zero-order valence-electron chi connectivity index (χ0n) is 6.31. The van der Waals surface area contributed by atoms with Crippen molar-refractivity contribution in [3.63, 3.8) is 0 Å². The van der Waals surface area contributed by atoms with Crippen molar-refractivity contribution < 1.29 is 13.0 Å². The first kappa shape index (κ1) is 12.7. The van der Waals surface area contributed by atoms with Gasteiger partial charge in [-0.1, -0.05) is 11.6 Å². The predicted molar refractivity (Wildman–Crippen MR) is 51.3 cm³/mol. The van der Waals surface area contributed by atoms with E-state index < -0.39 is 10.1 Å². The maximum atomic E-state index is 10.5. The Morgan fingerprint density at radius 1 is 1.15 bits per heavy atom. The van der Waals surface area contributed by atoms with Crippen LogP contribution >= 0.6 is 23.4 Å². The van der Waals surface area contributed by atoms with Gasteiger partial charge in [0.1, 0.15) is 0 Å². The van der Waals surface area contributed by atoms with Gasteiger partial charge in [0.15, 0.2) is 0 Å². The molecule has 1 rings (SSSR count). The Morgan fingerprint density at radius 2 is 1.54 bits per heavy atom. The van der Waals surface area contributed by atoms with E-state index in [0.29, 0.717) is 5.02 Å².